The van der Waals surface area contributed by atoms with E-state index in [1.807, 2.05) is 18.2 Å². The predicted octanol–water partition coefficient (Wildman–Crippen LogP) is 2.01. The molecule has 15 heavy (non-hydrogen) atoms. The number of primary amides is 1. The minimum atomic E-state index is -0.499. The number of rotatable bonds is 2. The van der Waals surface area contributed by atoms with Crippen LogP contribution in [0.2, 0.25) is 0 Å². The Hall–Kier alpha value is -1.62. The van der Waals surface area contributed by atoms with Crippen molar-refractivity contribution >= 4 is 29.2 Å². The van der Waals surface area contributed by atoms with Crippen LogP contribution >= 0.6 is 12.2 Å². The van der Waals surface area contributed by atoms with Crippen molar-refractivity contribution in [1.29, 1.82) is 0 Å². The Kier molecular flexibility index (Phi) is 2.32. The summed E-state index contributed by atoms with van der Waals surface area (Å²) in [6, 6.07) is 6.85. The number of amides is 1. The minimum absolute atomic E-state index is 0.266. The third kappa shape index (κ3) is 1.55. The van der Waals surface area contributed by atoms with E-state index in [4.69, 9.17) is 22.4 Å². The fourth-order valence-corrected chi connectivity index (χ4v) is 1.82. The summed E-state index contributed by atoms with van der Waals surface area (Å²) in [4.78, 5) is 11.4. The Morgan fingerprint density at radius 3 is 2.87 bits per heavy atom. The van der Waals surface area contributed by atoms with Crippen molar-refractivity contribution in [3.05, 3.63) is 29.1 Å². The highest BCUT2D eigenvalue weighted by Gasteiger charge is 2.16. The summed E-state index contributed by atoms with van der Waals surface area (Å²) in [7, 11) is 0. The van der Waals surface area contributed by atoms with Crippen LogP contribution in [0.15, 0.2) is 28.7 Å². The van der Waals surface area contributed by atoms with E-state index in [9.17, 15) is 4.79 Å². The number of nitrogens with zero attached hydrogens (tertiary/aromatic N) is 1. The first-order valence-corrected chi connectivity index (χ1v) is 4.91. The number of aromatic nitrogens is 1. The fourth-order valence-electron chi connectivity index (χ4n) is 1.48. The summed E-state index contributed by atoms with van der Waals surface area (Å²) in [6.45, 7) is 1.69. The highest BCUT2D eigenvalue weighted by atomic mass is 32.1. The van der Waals surface area contributed by atoms with Gasteiger partial charge in [-0.1, -0.05) is 12.1 Å². The van der Waals surface area contributed by atoms with Crippen molar-refractivity contribution in [2.24, 2.45) is 5.73 Å². The third-order valence-electron chi connectivity index (χ3n) is 2.32. The molecule has 1 unspecified atom stereocenters. The van der Waals surface area contributed by atoms with Gasteiger partial charge in [0.15, 0.2) is 5.58 Å². The van der Waals surface area contributed by atoms with Gasteiger partial charge in [0.05, 0.1) is 5.52 Å². The maximum atomic E-state index is 11.1. The maximum Gasteiger partial charge on any atom is 0.270 e. The van der Waals surface area contributed by atoms with Crippen LogP contribution in [0.4, 0.5) is 0 Å². The maximum absolute atomic E-state index is 11.1. The van der Waals surface area contributed by atoms with E-state index in [1.165, 1.54) is 0 Å². The molecule has 1 heterocycles. The molecule has 0 saturated carbocycles. The molecule has 2 aromatic rings. The zero-order chi connectivity index (χ0) is 11.0. The minimum Gasteiger partial charge on any atom is -0.429 e. The zero-order valence-corrected chi connectivity index (χ0v) is 8.95. The van der Waals surface area contributed by atoms with Crippen LogP contribution in [0.1, 0.15) is 13.0 Å². The fraction of sp³-hybridized carbons (Fsp3) is 0.200. The monoisotopic (exact) mass is 222 g/mol. The molecular formula is C10H10N2O2S. The first kappa shape index (κ1) is 9.92. The lowest BCUT2D eigenvalue weighted by Crippen LogP contribution is -2.23. The number of hydrogen-bond acceptors (Lipinski definition) is 3. The number of para-hydroxylation sites is 2. The van der Waals surface area contributed by atoms with Crippen LogP contribution in [0.3, 0.4) is 0 Å². The van der Waals surface area contributed by atoms with Gasteiger partial charge in [-0.25, -0.2) is 0 Å². The first-order chi connectivity index (χ1) is 7.11. The molecule has 0 aliphatic heterocycles. The largest absolute Gasteiger partial charge is 0.429 e. The van der Waals surface area contributed by atoms with E-state index in [0.717, 1.165) is 5.52 Å². The van der Waals surface area contributed by atoms with Crippen molar-refractivity contribution in [3.8, 4) is 0 Å². The summed E-state index contributed by atoms with van der Waals surface area (Å²) in [5.41, 5.74) is 6.69. The van der Waals surface area contributed by atoms with Gasteiger partial charge in [-0.2, -0.15) is 0 Å². The molecule has 1 atom stereocenters. The Morgan fingerprint density at radius 2 is 2.20 bits per heavy atom. The lowest BCUT2D eigenvalue weighted by atomic mass is 10.3. The summed E-state index contributed by atoms with van der Waals surface area (Å²) < 4.78 is 6.96. The lowest BCUT2D eigenvalue weighted by molar-refractivity contribution is -0.120. The van der Waals surface area contributed by atoms with Crippen LogP contribution in [0, 0.1) is 4.84 Å². The average Bonchev–Trinajstić information content (AvgIpc) is 2.52. The quantitative estimate of drug-likeness (QED) is 0.790. The molecule has 0 aliphatic rings. The lowest BCUT2D eigenvalue weighted by Gasteiger charge is -2.08. The molecule has 1 aromatic heterocycles. The molecule has 1 aromatic carbocycles. The van der Waals surface area contributed by atoms with Gasteiger partial charge in [0, 0.05) is 0 Å². The molecule has 2 N–H and O–H groups in total. The van der Waals surface area contributed by atoms with E-state index >= 15 is 0 Å². The summed E-state index contributed by atoms with van der Waals surface area (Å²) in [6.07, 6.45) is 0. The van der Waals surface area contributed by atoms with Gasteiger partial charge in [0.2, 0.25) is 5.91 Å². The first-order valence-electron chi connectivity index (χ1n) is 4.50. The standard InChI is InChI=1S/C10H10N2O2S/c1-6(9(11)13)12-7-4-2-3-5-8(7)14-10(12)15/h2-6H,1H3,(H2,11,13). The second-order valence-electron chi connectivity index (χ2n) is 3.28. The number of carbonyl (C=O) groups excluding carboxylic acids is 1. The molecule has 2 rings (SSSR count). The van der Waals surface area contributed by atoms with Crippen LogP contribution in [0.25, 0.3) is 11.1 Å². The van der Waals surface area contributed by atoms with Crippen LogP contribution in [-0.4, -0.2) is 10.5 Å². The number of nitrogens with two attached hydrogens (primary N) is 1. The second-order valence-corrected chi connectivity index (χ2v) is 3.63. The van der Waals surface area contributed by atoms with Gasteiger partial charge >= 0.3 is 0 Å². The number of hydrogen-bond donors (Lipinski definition) is 1. The SMILES string of the molecule is CC(C(N)=O)n1c(=S)oc2ccccc21. The van der Waals surface area contributed by atoms with Crippen LogP contribution in [0.5, 0.6) is 0 Å². The van der Waals surface area contributed by atoms with Gasteiger partial charge in [-0.05, 0) is 31.3 Å². The number of oxazole rings is 1. The smallest absolute Gasteiger partial charge is 0.270 e. The Labute approximate surface area is 91.3 Å². The second kappa shape index (κ2) is 3.51. The molecule has 0 saturated heterocycles. The van der Waals surface area contributed by atoms with E-state index in [2.05, 4.69) is 0 Å². The van der Waals surface area contributed by atoms with Crippen molar-refractivity contribution in [2.45, 2.75) is 13.0 Å². The Balaban J connectivity index is 2.74. The van der Waals surface area contributed by atoms with Gasteiger partial charge in [0.1, 0.15) is 6.04 Å². The molecule has 0 radical (unpaired) electrons. The van der Waals surface area contributed by atoms with E-state index in [1.54, 1.807) is 17.6 Å². The van der Waals surface area contributed by atoms with Crippen molar-refractivity contribution < 1.29 is 9.21 Å². The van der Waals surface area contributed by atoms with Crippen LogP contribution < -0.4 is 5.73 Å². The van der Waals surface area contributed by atoms with Gasteiger partial charge in [-0.15, -0.1) is 0 Å². The normalized spacial score (nSPS) is 12.9. The number of benzene rings is 1. The Morgan fingerprint density at radius 1 is 1.53 bits per heavy atom. The van der Waals surface area contributed by atoms with E-state index in [0.29, 0.717) is 5.58 Å². The molecule has 4 nitrogen and oxygen atoms in total. The molecular weight excluding hydrogens is 212 g/mol. The van der Waals surface area contributed by atoms with Gasteiger partial charge < -0.3 is 10.2 Å². The average molecular weight is 222 g/mol. The number of carbonyl (C=O) groups is 1. The number of fused-ring (bicyclic) bond motifs is 1. The van der Waals surface area contributed by atoms with Crippen molar-refractivity contribution in [1.82, 2.24) is 4.57 Å². The third-order valence-corrected chi connectivity index (χ3v) is 2.60. The van der Waals surface area contributed by atoms with Crippen LogP contribution in [-0.2, 0) is 4.79 Å². The Bertz CT molecular complexity index is 570. The molecule has 0 fully saturated rings. The highest BCUT2D eigenvalue weighted by Crippen LogP contribution is 2.21. The molecule has 78 valence electrons. The molecule has 0 spiro atoms. The summed E-state index contributed by atoms with van der Waals surface area (Å²) in [5, 5.41) is 0. The molecule has 1 amide bonds. The van der Waals surface area contributed by atoms with Gasteiger partial charge in [0.25, 0.3) is 4.84 Å². The molecule has 0 bridgehead atoms. The predicted molar refractivity (Wildman–Crippen MR) is 58.9 cm³/mol. The molecule has 0 aliphatic carbocycles. The summed E-state index contributed by atoms with van der Waals surface area (Å²) in [5.74, 6) is -0.433. The van der Waals surface area contributed by atoms with E-state index in [-0.39, 0.29) is 4.84 Å². The van der Waals surface area contributed by atoms with Crippen molar-refractivity contribution in [2.75, 3.05) is 0 Å². The van der Waals surface area contributed by atoms with E-state index < -0.39 is 11.9 Å². The van der Waals surface area contributed by atoms with Gasteiger partial charge in [-0.3, -0.25) is 9.36 Å². The highest BCUT2D eigenvalue weighted by molar-refractivity contribution is 7.71. The zero-order valence-electron chi connectivity index (χ0n) is 8.14. The van der Waals surface area contributed by atoms with Crippen molar-refractivity contribution in [3.63, 3.8) is 0 Å². The topological polar surface area (TPSA) is 61.2 Å². The summed E-state index contributed by atoms with van der Waals surface area (Å²) >= 11 is 5.04. The molecule has 5 heteroatoms.